The molecule has 0 N–H and O–H groups in total. The van der Waals surface area contributed by atoms with Crippen molar-refractivity contribution in [3.8, 4) is 0 Å². The molecule has 0 amide bonds. The van der Waals surface area contributed by atoms with E-state index in [4.69, 9.17) is 11.6 Å². The summed E-state index contributed by atoms with van der Waals surface area (Å²) in [6.07, 6.45) is 0. The summed E-state index contributed by atoms with van der Waals surface area (Å²) in [5.74, 6) is 0. The quantitative estimate of drug-likeness (QED) is 0.500. The molecule has 0 fully saturated rings. The average Bonchev–Trinajstić information content (AvgIpc) is 2.11. The molecule has 1 aromatic carbocycles. The number of hydrogen-bond acceptors (Lipinski definition) is 1. The van der Waals surface area contributed by atoms with Crippen LogP contribution in [0.25, 0.3) is 0 Å². The molecule has 0 unspecified atom stereocenters. The lowest BCUT2D eigenvalue weighted by Crippen LogP contribution is -1.66. The standard InChI is InChI=1S/C7H7ClS.C2H6/c8-6-9-7-4-2-1-3-5-7;1-2/h1-5H,6H2;1-2H3. The summed E-state index contributed by atoms with van der Waals surface area (Å²) in [6, 6.07) is 10.1. The van der Waals surface area contributed by atoms with E-state index in [0.29, 0.717) is 5.21 Å². The molecule has 1 rings (SSSR count). The van der Waals surface area contributed by atoms with Crippen LogP contribution in [-0.2, 0) is 0 Å². The Bertz CT molecular complexity index is 162. The molecule has 0 aromatic heterocycles. The van der Waals surface area contributed by atoms with Gasteiger partial charge in [-0.05, 0) is 12.1 Å². The number of rotatable bonds is 2. The van der Waals surface area contributed by atoms with E-state index in [2.05, 4.69) is 0 Å². The second-order valence-corrected chi connectivity index (χ2v) is 3.20. The van der Waals surface area contributed by atoms with Gasteiger partial charge in [-0.15, -0.1) is 23.4 Å². The van der Waals surface area contributed by atoms with E-state index < -0.39 is 0 Å². The first-order chi connectivity index (χ1) is 5.43. The van der Waals surface area contributed by atoms with Gasteiger partial charge in [0.15, 0.2) is 0 Å². The number of hydrogen-bond donors (Lipinski definition) is 0. The first-order valence-corrected chi connectivity index (χ1v) is 5.19. The maximum atomic E-state index is 5.50. The van der Waals surface area contributed by atoms with Crippen molar-refractivity contribution >= 4 is 23.4 Å². The van der Waals surface area contributed by atoms with Crippen LogP contribution in [0.15, 0.2) is 35.2 Å². The minimum Gasteiger partial charge on any atom is -0.114 e. The Morgan fingerprint density at radius 3 is 2.18 bits per heavy atom. The van der Waals surface area contributed by atoms with Crippen molar-refractivity contribution in [2.24, 2.45) is 0 Å². The fourth-order valence-corrected chi connectivity index (χ4v) is 1.43. The zero-order valence-electron chi connectivity index (χ0n) is 6.88. The Morgan fingerprint density at radius 1 is 1.18 bits per heavy atom. The third kappa shape index (κ3) is 5.16. The van der Waals surface area contributed by atoms with Crippen molar-refractivity contribution in [1.82, 2.24) is 0 Å². The normalized spacial score (nSPS) is 8.27. The van der Waals surface area contributed by atoms with Crippen LogP contribution in [0.5, 0.6) is 0 Å². The highest BCUT2D eigenvalue weighted by Gasteiger charge is 1.85. The molecule has 0 bridgehead atoms. The molecule has 2 heteroatoms. The number of benzene rings is 1. The predicted molar refractivity (Wildman–Crippen MR) is 54.4 cm³/mol. The van der Waals surface area contributed by atoms with Crippen molar-refractivity contribution in [1.29, 1.82) is 0 Å². The first-order valence-electron chi connectivity index (χ1n) is 3.67. The van der Waals surface area contributed by atoms with E-state index in [1.807, 2.05) is 44.2 Å². The lowest BCUT2D eigenvalue weighted by atomic mass is 10.4. The third-order valence-electron chi connectivity index (χ3n) is 0.964. The van der Waals surface area contributed by atoms with Crippen molar-refractivity contribution < 1.29 is 0 Å². The van der Waals surface area contributed by atoms with Gasteiger partial charge < -0.3 is 0 Å². The maximum Gasteiger partial charge on any atom is 0.0727 e. The summed E-state index contributed by atoms with van der Waals surface area (Å²) in [5, 5.41) is 0.629. The molecular formula is C9H13ClS. The lowest BCUT2D eigenvalue weighted by molar-refractivity contribution is 1.47. The highest BCUT2D eigenvalue weighted by Crippen LogP contribution is 2.17. The lowest BCUT2D eigenvalue weighted by Gasteiger charge is -1.92. The molecule has 1 aromatic rings. The van der Waals surface area contributed by atoms with Gasteiger partial charge in [0.25, 0.3) is 0 Å². The van der Waals surface area contributed by atoms with E-state index >= 15 is 0 Å². The van der Waals surface area contributed by atoms with Crippen LogP contribution < -0.4 is 0 Å². The molecule has 0 atom stereocenters. The van der Waals surface area contributed by atoms with E-state index in [-0.39, 0.29) is 0 Å². The van der Waals surface area contributed by atoms with Gasteiger partial charge in [0, 0.05) is 4.90 Å². The summed E-state index contributed by atoms with van der Waals surface area (Å²) >= 11 is 7.14. The molecule has 0 saturated carbocycles. The Balaban J connectivity index is 0.000000461. The Morgan fingerprint density at radius 2 is 1.73 bits per heavy atom. The second-order valence-electron chi connectivity index (χ2n) is 1.57. The van der Waals surface area contributed by atoms with Crippen LogP contribution in [-0.4, -0.2) is 5.21 Å². The fraction of sp³-hybridized carbons (Fsp3) is 0.333. The van der Waals surface area contributed by atoms with Crippen LogP contribution in [0.4, 0.5) is 0 Å². The van der Waals surface area contributed by atoms with Gasteiger partial charge in [-0.1, -0.05) is 32.0 Å². The van der Waals surface area contributed by atoms with E-state index in [1.165, 1.54) is 4.90 Å². The van der Waals surface area contributed by atoms with Crippen LogP contribution in [0, 0.1) is 0 Å². The first kappa shape index (κ1) is 10.9. The smallest absolute Gasteiger partial charge is 0.0727 e. The molecule has 0 heterocycles. The Kier molecular flexibility index (Phi) is 7.86. The summed E-state index contributed by atoms with van der Waals surface area (Å²) < 4.78 is 0. The zero-order valence-corrected chi connectivity index (χ0v) is 8.45. The molecule has 0 radical (unpaired) electrons. The van der Waals surface area contributed by atoms with Crippen LogP contribution >= 0.6 is 23.4 Å². The van der Waals surface area contributed by atoms with Gasteiger partial charge in [-0.2, -0.15) is 0 Å². The Labute approximate surface area is 78.0 Å². The highest BCUT2D eigenvalue weighted by atomic mass is 35.5. The van der Waals surface area contributed by atoms with Crippen LogP contribution in [0.1, 0.15) is 13.8 Å². The maximum absolute atomic E-state index is 5.50. The average molecular weight is 189 g/mol. The Hall–Kier alpha value is -0.140. The van der Waals surface area contributed by atoms with E-state index in [0.717, 1.165) is 0 Å². The molecular weight excluding hydrogens is 176 g/mol. The van der Waals surface area contributed by atoms with E-state index in [9.17, 15) is 0 Å². The van der Waals surface area contributed by atoms with Crippen LogP contribution in [0.2, 0.25) is 0 Å². The largest absolute Gasteiger partial charge is 0.114 e. The summed E-state index contributed by atoms with van der Waals surface area (Å²) in [5.41, 5.74) is 0. The van der Waals surface area contributed by atoms with Gasteiger partial charge in [-0.25, -0.2) is 0 Å². The molecule has 0 nitrogen and oxygen atoms in total. The van der Waals surface area contributed by atoms with E-state index in [1.54, 1.807) is 11.8 Å². The summed E-state index contributed by atoms with van der Waals surface area (Å²) in [7, 11) is 0. The van der Waals surface area contributed by atoms with Gasteiger partial charge >= 0.3 is 0 Å². The van der Waals surface area contributed by atoms with Crippen molar-refractivity contribution in [3.63, 3.8) is 0 Å². The SMILES string of the molecule is CC.ClCSc1ccccc1. The van der Waals surface area contributed by atoms with Crippen LogP contribution in [0.3, 0.4) is 0 Å². The molecule has 0 aliphatic carbocycles. The molecule has 11 heavy (non-hydrogen) atoms. The highest BCUT2D eigenvalue weighted by molar-refractivity contribution is 8.00. The minimum atomic E-state index is 0.629. The van der Waals surface area contributed by atoms with Crippen molar-refractivity contribution in [2.45, 2.75) is 18.7 Å². The number of thioether (sulfide) groups is 1. The monoisotopic (exact) mass is 188 g/mol. The van der Waals surface area contributed by atoms with Crippen molar-refractivity contribution in [2.75, 3.05) is 5.21 Å². The molecule has 62 valence electrons. The minimum absolute atomic E-state index is 0.629. The summed E-state index contributed by atoms with van der Waals surface area (Å²) in [4.78, 5) is 1.23. The van der Waals surface area contributed by atoms with Crippen molar-refractivity contribution in [3.05, 3.63) is 30.3 Å². The predicted octanol–water partition coefficient (Wildman–Crippen LogP) is 4.00. The van der Waals surface area contributed by atoms with Gasteiger partial charge in [0.2, 0.25) is 0 Å². The number of halogens is 1. The second kappa shape index (κ2) is 7.96. The fourth-order valence-electron chi connectivity index (χ4n) is 0.580. The number of alkyl halides is 1. The molecule has 0 aliphatic rings. The van der Waals surface area contributed by atoms with Gasteiger partial charge in [0.1, 0.15) is 0 Å². The summed E-state index contributed by atoms with van der Waals surface area (Å²) in [6.45, 7) is 4.00. The molecule has 0 saturated heterocycles. The van der Waals surface area contributed by atoms with Gasteiger partial charge in [-0.3, -0.25) is 0 Å². The van der Waals surface area contributed by atoms with Gasteiger partial charge in [0.05, 0.1) is 5.21 Å². The molecule has 0 spiro atoms. The third-order valence-corrected chi connectivity index (χ3v) is 2.01. The molecule has 0 aliphatic heterocycles. The zero-order chi connectivity index (χ0) is 8.53. The topological polar surface area (TPSA) is 0 Å².